The molecule has 18 heteroatoms. The number of H-pyrrole nitrogens is 2. The molecule has 40 heavy (non-hydrogen) atoms. The van der Waals surface area contributed by atoms with Crippen LogP contribution in [0.15, 0.2) is 43.4 Å². The Kier molecular flexibility index (Phi) is 7.89. The maximum atomic E-state index is 12.2. The van der Waals surface area contributed by atoms with Crippen molar-refractivity contribution in [2.45, 2.75) is 25.6 Å². The fourth-order valence-electron chi connectivity index (χ4n) is 3.72. The SMILES string of the molecule is Cc1cc2[nH]c(=O)n(CS(C)(=O)=O)c(=O)c2cc1N.Cc1cc2[nH]c(=O)n(CS(C)(=O)=O)c(=O)c2cc1[N+](=O)[O-]. The molecule has 4 aromatic rings. The van der Waals surface area contributed by atoms with Gasteiger partial charge in [0, 0.05) is 29.8 Å². The highest BCUT2D eigenvalue weighted by atomic mass is 32.2. The fraction of sp³-hybridized carbons (Fsp3) is 0.273. The van der Waals surface area contributed by atoms with E-state index in [-0.39, 0.29) is 27.5 Å². The largest absolute Gasteiger partial charge is 0.398 e. The molecule has 0 fully saturated rings. The van der Waals surface area contributed by atoms with Crippen LogP contribution in [-0.4, -0.2) is 53.4 Å². The van der Waals surface area contributed by atoms with Gasteiger partial charge in [-0.1, -0.05) is 0 Å². The average molecular weight is 597 g/mol. The van der Waals surface area contributed by atoms with Gasteiger partial charge in [-0.3, -0.25) is 19.7 Å². The van der Waals surface area contributed by atoms with Crippen LogP contribution >= 0.6 is 0 Å². The summed E-state index contributed by atoms with van der Waals surface area (Å²) in [4.78, 5) is 62.9. The summed E-state index contributed by atoms with van der Waals surface area (Å²) in [5.74, 6) is -1.45. The van der Waals surface area contributed by atoms with Crippen LogP contribution in [0.25, 0.3) is 21.8 Å². The van der Waals surface area contributed by atoms with E-state index < -0.39 is 58.8 Å². The van der Waals surface area contributed by atoms with Gasteiger partial charge in [0.15, 0.2) is 19.7 Å². The minimum Gasteiger partial charge on any atom is -0.398 e. The van der Waals surface area contributed by atoms with Crippen molar-refractivity contribution in [2.24, 2.45) is 0 Å². The molecule has 0 saturated heterocycles. The minimum atomic E-state index is -3.62. The van der Waals surface area contributed by atoms with Gasteiger partial charge >= 0.3 is 11.4 Å². The Morgan fingerprint density at radius 1 is 0.775 bits per heavy atom. The third-order valence-electron chi connectivity index (χ3n) is 5.59. The zero-order chi connectivity index (χ0) is 30.3. The van der Waals surface area contributed by atoms with Crippen molar-refractivity contribution in [3.05, 3.63) is 87.2 Å². The molecule has 16 nitrogen and oxygen atoms in total. The number of nitrogens with two attached hydrogens (primary N) is 1. The third-order valence-corrected chi connectivity index (χ3v) is 7.05. The first-order valence-electron chi connectivity index (χ1n) is 11.1. The van der Waals surface area contributed by atoms with Crippen molar-refractivity contribution in [3.63, 3.8) is 0 Å². The standard InChI is InChI=1S/C11H11N3O6S.C11H13N3O4S/c1-6-3-8-7(4-9(6)14(17)18)10(15)13(11(16)12-8)5-21(2,19)20;1-6-3-9-7(4-8(6)12)10(15)14(11(16)13-9)5-19(2,17)18/h3-4H,5H2,1-2H3,(H,12,16);3-4H,5,12H2,1-2H3,(H,13,16). The molecule has 0 aliphatic heterocycles. The molecular weight excluding hydrogens is 572 g/mol. The van der Waals surface area contributed by atoms with E-state index in [9.17, 15) is 46.1 Å². The van der Waals surface area contributed by atoms with Crippen molar-refractivity contribution >= 4 is 52.9 Å². The number of fused-ring (bicyclic) bond motifs is 2. The number of rotatable bonds is 5. The molecule has 0 bridgehead atoms. The van der Waals surface area contributed by atoms with Crippen LogP contribution in [0.3, 0.4) is 0 Å². The van der Waals surface area contributed by atoms with Gasteiger partial charge in [-0.15, -0.1) is 0 Å². The lowest BCUT2D eigenvalue weighted by molar-refractivity contribution is -0.385. The Bertz CT molecular complexity index is 2160. The van der Waals surface area contributed by atoms with Gasteiger partial charge in [-0.25, -0.2) is 35.6 Å². The normalized spacial score (nSPS) is 11.8. The number of sulfone groups is 2. The Morgan fingerprint density at radius 3 is 1.57 bits per heavy atom. The molecule has 0 spiro atoms. The van der Waals surface area contributed by atoms with Crippen LogP contribution in [0.1, 0.15) is 11.1 Å². The number of hydrogen-bond acceptors (Lipinski definition) is 11. The van der Waals surface area contributed by atoms with Crippen LogP contribution in [0.5, 0.6) is 0 Å². The van der Waals surface area contributed by atoms with Crippen LogP contribution in [0, 0.1) is 24.0 Å². The van der Waals surface area contributed by atoms with E-state index in [1.165, 1.54) is 19.1 Å². The smallest absolute Gasteiger partial charge is 0.329 e. The highest BCUT2D eigenvalue weighted by molar-refractivity contribution is 7.89. The number of nitro groups is 1. The second kappa shape index (κ2) is 10.5. The first-order valence-corrected chi connectivity index (χ1v) is 15.2. The molecule has 4 N–H and O–H groups in total. The number of nitrogens with zero attached hydrogens (tertiary/aromatic N) is 3. The number of nitro benzene ring substituents is 1. The second-order valence-corrected chi connectivity index (χ2v) is 13.4. The monoisotopic (exact) mass is 596 g/mol. The van der Waals surface area contributed by atoms with Gasteiger partial charge < -0.3 is 15.7 Å². The molecule has 0 amide bonds. The number of nitrogens with one attached hydrogen (secondary N) is 2. The van der Waals surface area contributed by atoms with E-state index in [1.54, 1.807) is 13.0 Å². The Balaban J connectivity index is 0.000000222. The Morgan fingerprint density at radius 2 is 1.18 bits per heavy atom. The van der Waals surface area contributed by atoms with Crippen molar-refractivity contribution in [1.82, 2.24) is 19.1 Å². The molecule has 0 atom stereocenters. The topological polar surface area (TPSA) is 247 Å². The van der Waals surface area contributed by atoms with E-state index in [1.807, 2.05) is 0 Å². The van der Waals surface area contributed by atoms with E-state index in [4.69, 9.17) is 5.73 Å². The number of anilines is 1. The van der Waals surface area contributed by atoms with E-state index >= 15 is 0 Å². The van der Waals surface area contributed by atoms with E-state index in [0.717, 1.165) is 24.1 Å². The van der Waals surface area contributed by atoms with Gasteiger partial charge in [0.25, 0.3) is 16.8 Å². The van der Waals surface area contributed by atoms with Gasteiger partial charge in [-0.2, -0.15) is 0 Å². The molecular formula is C22H24N6O10S2. The summed E-state index contributed by atoms with van der Waals surface area (Å²) in [5.41, 5.74) is 4.11. The van der Waals surface area contributed by atoms with E-state index in [2.05, 4.69) is 9.97 Å². The lowest BCUT2D eigenvalue weighted by atomic mass is 10.1. The van der Waals surface area contributed by atoms with Crippen LogP contribution in [-0.2, 0) is 31.4 Å². The van der Waals surface area contributed by atoms with Crippen LogP contribution < -0.4 is 28.2 Å². The summed E-state index contributed by atoms with van der Waals surface area (Å²) in [6.45, 7) is 3.22. The molecule has 2 aromatic heterocycles. The highest BCUT2D eigenvalue weighted by Gasteiger charge is 2.18. The number of aromatic nitrogens is 4. The molecule has 0 aliphatic rings. The maximum absolute atomic E-state index is 12.2. The molecule has 2 heterocycles. The van der Waals surface area contributed by atoms with Crippen LogP contribution in [0.4, 0.5) is 11.4 Å². The minimum absolute atomic E-state index is 0.115. The van der Waals surface area contributed by atoms with Gasteiger partial charge in [-0.05, 0) is 37.6 Å². The number of aryl methyl sites for hydroxylation is 2. The summed E-state index contributed by atoms with van der Waals surface area (Å²) < 4.78 is 46.1. The summed E-state index contributed by atoms with van der Waals surface area (Å²) >= 11 is 0. The highest BCUT2D eigenvalue weighted by Crippen LogP contribution is 2.21. The number of nitrogen functional groups attached to an aromatic ring is 1. The second-order valence-electron chi connectivity index (χ2n) is 9.13. The Hall–Kier alpha value is -4.58. The summed E-state index contributed by atoms with van der Waals surface area (Å²) in [6.07, 6.45) is 1.83. The van der Waals surface area contributed by atoms with Crippen molar-refractivity contribution in [3.8, 4) is 0 Å². The predicted molar refractivity (Wildman–Crippen MR) is 148 cm³/mol. The number of aromatic amines is 2. The predicted octanol–water partition coefficient (Wildman–Crippen LogP) is -0.509. The van der Waals surface area contributed by atoms with Crippen molar-refractivity contribution in [1.29, 1.82) is 0 Å². The van der Waals surface area contributed by atoms with E-state index in [0.29, 0.717) is 20.3 Å². The molecule has 2 aromatic carbocycles. The number of hydrogen-bond donors (Lipinski definition) is 3. The molecule has 0 aliphatic carbocycles. The molecule has 0 unspecified atom stereocenters. The summed E-state index contributed by atoms with van der Waals surface area (Å²) in [5, 5.41) is 11.0. The lowest BCUT2D eigenvalue weighted by Crippen LogP contribution is -2.37. The molecule has 214 valence electrons. The van der Waals surface area contributed by atoms with Gasteiger partial charge in [0.1, 0.15) is 11.8 Å². The van der Waals surface area contributed by atoms with Gasteiger partial charge in [0.2, 0.25) is 0 Å². The Labute approximate surface area is 224 Å². The molecule has 4 rings (SSSR count). The average Bonchev–Trinajstić information content (AvgIpc) is 2.80. The first kappa shape index (κ1) is 30.0. The first-order chi connectivity index (χ1) is 18.3. The maximum Gasteiger partial charge on any atom is 0.329 e. The van der Waals surface area contributed by atoms with Crippen LogP contribution in [0.2, 0.25) is 0 Å². The number of benzene rings is 2. The molecule has 0 saturated carbocycles. The zero-order valence-corrected chi connectivity index (χ0v) is 23.2. The molecule has 0 radical (unpaired) electrons. The van der Waals surface area contributed by atoms with Crippen molar-refractivity contribution in [2.75, 3.05) is 18.2 Å². The lowest BCUT2D eigenvalue weighted by Gasteiger charge is -2.07. The van der Waals surface area contributed by atoms with Gasteiger partial charge in [0.05, 0.1) is 26.7 Å². The van der Waals surface area contributed by atoms with Crippen molar-refractivity contribution < 1.29 is 21.8 Å². The third kappa shape index (κ3) is 6.52. The summed E-state index contributed by atoms with van der Waals surface area (Å²) in [6, 6.07) is 5.35. The zero-order valence-electron chi connectivity index (χ0n) is 21.5. The quantitative estimate of drug-likeness (QED) is 0.150. The summed E-state index contributed by atoms with van der Waals surface area (Å²) in [7, 11) is -7.11. The fourth-order valence-corrected chi connectivity index (χ4v) is 5.13.